The molecule has 2 aromatic carbocycles. The van der Waals surface area contributed by atoms with Gasteiger partial charge in [-0.15, -0.1) is 0 Å². The molecule has 1 atom stereocenters. The average molecular weight is 363 g/mol. The van der Waals surface area contributed by atoms with E-state index in [9.17, 15) is 9.59 Å². The van der Waals surface area contributed by atoms with Crippen LogP contribution >= 0.6 is 23.2 Å². The van der Waals surface area contributed by atoms with Gasteiger partial charge in [0.2, 0.25) is 11.8 Å². The van der Waals surface area contributed by atoms with Gasteiger partial charge in [-0.2, -0.15) is 0 Å². The highest BCUT2D eigenvalue weighted by molar-refractivity contribution is 6.35. The summed E-state index contributed by atoms with van der Waals surface area (Å²) in [5.74, 6) is -0.716. The molecule has 0 unspecified atom stereocenters. The molecule has 1 fully saturated rings. The largest absolute Gasteiger partial charge is 0.324 e. The van der Waals surface area contributed by atoms with Crippen molar-refractivity contribution in [2.24, 2.45) is 5.92 Å². The van der Waals surface area contributed by atoms with Gasteiger partial charge in [-0.05, 0) is 37.3 Å². The van der Waals surface area contributed by atoms with Gasteiger partial charge < -0.3 is 10.2 Å². The lowest BCUT2D eigenvalue weighted by atomic mass is 10.1. The van der Waals surface area contributed by atoms with Crippen molar-refractivity contribution in [2.45, 2.75) is 13.3 Å². The Hall–Kier alpha value is -2.04. The van der Waals surface area contributed by atoms with Gasteiger partial charge in [-0.3, -0.25) is 9.59 Å². The van der Waals surface area contributed by atoms with Crippen LogP contribution in [0.15, 0.2) is 42.5 Å². The number of hydrogen-bond donors (Lipinski definition) is 1. The van der Waals surface area contributed by atoms with Crippen LogP contribution in [0, 0.1) is 12.8 Å². The second-order valence-corrected chi connectivity index (χ2v) is 6.70. The molecule has 2 aromatic rings. The molecule has 1 saturated heterocycles. The maximum absolute atomic E-state index is 12.5. The monoisotopic (exact) mass is 362 g/mol. The van der Waals surface area contributed by atoms with Crippen LogP contribution in [0.4, 0.5) is 11.4 Å². The Morgan fingerprint density at radius 2 is 1.88 bits per heavy atom. The number of anilines is 2. The summed E-state index contributed by atoms with van der Waals surface area (Å²) in [6, 6.07) is 12.5. The predicted molar refractivity (Wildman–Crippen MR) is 96.7 cm³/mol. The van der Waals surface area contributed by atoms with E-state index in [2.05, 4.69) is 5.32 Å². The van der Waals surface area contributed by atoms with Crippen molar-refractivity contribution >= 4 is 46.4 Å². The standard InChI is InChI=1S/C18H16Cl2N2O2/c1-11-2-5-14(6-3-11)22-10-12(8-17(22)23)18(24)21-16-9-13(19)4-7-15(16)20/h2-7,9,12H,8,10H2,1H3,(H,21,24)/t12-/m0/s1. The Morgan fingerprint density at radius 3 is 2.58 bits per heavy atom. The minimum atomic E-state index is -0.422. The Kier molecular flexibility index (Phi) is 4.78. The number of rotatable bonds is 3. The summed E-state index contributed by atoms with van der Waals surface area (Å²) in [6.45, 7) is 2.34. The molecule has 2 amide bonds. The molecular weight excluding hydrogens is 347 g/mol. The second-order valence-electron chi connectivity index (χ2n) is 5.85. The van der Waals surface area contributed by atoms with Gasteiger partial charge in [-0.25, -0.2) is 0 Å². The van der Waals surface area contributed by atoms with E-state index in [0.29, 0.717) is 22.3 Å². The predicted octanol–water partition coefficient (Wildman–Crippen LogP) is 4.29. The van der Waals surface area contributed by atoms with Gasteiger partial charge in [0.15, 0.2) is 0 Å². The van der Waals surface area contributed by atoms with Gasteiger partial charge in [0.05, 0.1) is 16.6 Å². The van der Waals surface area contributed by atoms with Gasteiger partial charge in [0, 0.05) is 23.7 Å². The Bertz CT molecular complexity index is 790. The third kappa shape index (κ3) is 3.55. The molecule has 4 nitrogen and oxygen atoms in total. The van der Waals surface area contributed by atoms with E-state index in [4.69, 9.17) is 23.2 Å². The van der Waals surface area contributed by atoms with E-state index in [-0.39, 0.29) is 18.2 Å². The summed E-state index contributed by atoms with van der Waals surface area (Å²) < 4.78 is 0. The first kappa shape index (κ1) is 16.8. The molecule has 1 aliphatic rings. The van der Waals surface area contributed by atoms with Crippen LogP contribution in [-0.2, 0) is 9.59 Å². The fourth-order valence-electron chi connectivity index (χ4n) is 2.69. The lowest BCUT2D eigenvalue weighted by Crippen LogP contribution is -2.28. The summed E-state index contributed by atoms with van der Waals surface area (Å²) in [7, 11) is 0. The molecular formula is C18H16Cl2N2O2. The molecule has 1 heterocycles. The normalized spacial score (nSPS) is 17.2. The summed E-state index contributed by atoms with van der Waals surface area (Å²) in [4.78, 5) is 26.4. The molecule has 0 spiro atoms. The second kappa shape index (κ2) is 6.83. The van der Waals surface area contributed by atoms with Gasteiger partial charge in [0.1, 0.15) is 0 Å². The summed E-state index contributed by atoms with van der Waals surface area (Å²) in [5.41, 5.74) is 2.38. The Balaban J connectivity index is 1.72. The number of amides is 2. The lowest BCUT2D eigenvalue weighted by molar-refractivity contribution is -0.122. The molecule has 0 saturated carbocycles. The van der Waals surface area contributed by atoms with Crippen molar-refractivity contribution in [3.63, 3.8) is 0 Å². The molecule has 6 heteroatoms. The van der Waals surface area contributed by atoms with E-state index < -0.39 is 5.92 Å². The van der Waals surface area contributed by atoms with Crippen molar-refractivity contribution in [2.75, 3.05) is 16.8 Å². The number of carbonyl (C=O) groups is 2. The molecule has 1 aliphatic heterocycles. The molecule has 0 bridgehead atoms. The van der Waals surface area contributed by atoms with Crippen LogP contribution < -0.4 is 10.2 Å². The smallest absolute Gasteiger partial charge is 0.229 e. The summed E-state index contributed by atoms with van der Waals surface area (Å²) >= 11 is 12.0. The zero-order chi connectivity index (χ0) is 17.3. The summed E-state index contributed by atoms with van der Waals surface area (Å²) in [5, 5.41) is 3.65. The number of nitrogens with zero attached hydrogens (tertiary/aromatic N) is 1. The zero-order valence-corrected chi connectivity index (χ0v) is 14.6. The molecule has 0 aliphatic carbocycles. The molecule has 24 heavy (non-hydrogen) atoms. The van der Waals surface area contributed by atoms with Crippen LogP contribution in [0.2, 0.25) is 10.0 Å². The number of nitrogens with one attached hydrogen (secondary N) is 1. The third-order valence-corrected chi connectivity index (χ3v) is 4.59. The van der Waals surface area contributed by atoms with E-state index in [1.54, 1.807) is 23.1 Å². The third-order valence-electron chi connectivity index (χ3n) is 4.03. The van der Waals surface area contributed by atoms with Crippen LogP contribution in [-0.4, -0.2) is 18.4 Å². The molecule has 0 aromatic heterocycles. The van der Waals surface area contributed by atoms with Gasteiger partial charge in [-0.1, -0.05) is 40.9 Å². The fraction of sp³-hybridized carbons (Fsp3) is 0.222. The van der Waals surface area contributed by atoms with Crippen LogP contribution in [0.25, 0.3) is 0 Å². The van der Waals surface area contributed by atoms with Crippen LogP contribution in [0.5, 0.6) is 0 Å². The number of carbonyl (C=O) groups excluding carboxylic acids is 2. The maximum Gasteiger partial charge on any atom is 0.229 e. The van der Waals surface area contributed by atoms with Crippen molar-refractivity contribution in [3.8, 4) is 0 Å². The van der Waals surface area contributed by atoms with Crippen molar-refractivity contribution in [3.05, 3.63) is 58.1 Å². The molecule has 124 valence electrons. The first-order valence-electron chi connectivity index (χ1n) is 7.57. The Morgan fingerprint density at radius 1 is 1.17 bits per heavy atom. The van der Waals surface area contributed by atoms with Crippen molar-refractivity contribution in [1.29, 1.82) is 0 Å². The first-order chi connectivity index (χ1) is 11.4. The first-order valence-corrected chi connectivity index (χ1v) is 8.32. The Labute approximate surface area is 150 Å². The minimum Gasteiger partial charge on any atom is -0.324 e. The fourth-order valence-corrected chi connectivity index (χ4v) is 3.02. The van der Waals surface area contributed by atoms with Crippen molar-refractivity contribution in [1.82, 2.24) is 0 Å². The van der Waals surface area contributed by atoms with Crippen LogP contribution in [0.3, 0.4) is 0 Å². The average Bonchev–Trinajstić information content (AvgIpc) is 2.94. The highest BCUT2D eigenvalue weighted by Crippen LogP contribution is 2.29. The topological polar surface area (TPSA) is 49.4 Å². The quantitative estimate of drug-likeness (QED) is 0.884. The maximum atomic E-state index is 12.5. The SMILES string of the molecule is Cc1ccc(N2C[C@@H](C(=O)Nc3cc(Cl)ccc3Cl)CC2=O)cc1. The van der Waals surface area contributed by atoms with Crippen molar-refractivity contribution < 1.29 is 9.59 Å². The molecule has 0 radical (unpaired) electrons. The number of benzene rings is 2. The number of halogens is 2. The zero-order valence-electron chi connectivity index (χ0n) is 13.1. The van der Waals surface area contributed by atoms with E-state index in [0.717, 1.165) is 11.3 Å². The minimum absolute atomic E-state index is 0.0591. The van der Waals surface area contributed by atoms with E-state index in [1.807, 2.05) is 31.2 Å². The number of aryl methyl sites for hydroxylation is 1. The highest BCUT2D eigenvalue weighted by atomic mass is 35.5. The van der Waals surface area contributed by atoms with Crippen LogP contribution in [0.1, 0.15) is 12.0 Å². The van der Waals surface area contributed by atoms with E-state index in [1.165, 1.54) is 0 Å². The lowest BCUT2D eigenvalue weighted by Gasteiger charge is -2.17. The molecule has 3 rings (SSSR count). The van der Waals surface area contributed by atoms with E-state index >= 15 is 0 Å². The molecule has 1 N–H and O–H groups in total. The van der Waals surface area contributed by atoms with Gasteiger partial charge in [0.25, 0.3) is 0 Å². The summed E-state index contributed by atoms with van der Waals surface area (Å²) in [6.07, 6.45) is 0.178. The highest BCUT2D eigenvalue weighted by Gasteiger charge is 2.35. The number of hydrogen-bond acceptors (Lipinski definition) is 2. The van der Waals surface area contributed by atoms with Gasteiger partial charge >= 0.3 is 0 Å².